The molecule has 0 aliphatic carbocycles. The summed E-state index contributed by atoms with van der Waals surface area (Å²) in [5, 5.41) is 8.02. The van der Waals surface area contributed by atoms with E-state index in [1.165, 1.54) is 6.92 Å². The molecule has 0 bridgehead atoms. The van der Waals surface area contributed by atoms with E-state index in [2.05, 4.69) is 17.6 Å². The van der Waals surface area contributed by atoms with E-state index in [1.54, 1.807) is 24.3 Å². The molecule has 39 heavy (non-hydrogen) atoms. The van der Waals surface area contributed by atoms with Crippen molar-refractivity contribution in [1.29, 1.82) is 0 Å². The van der Waals surface area contributed by atoms with E-state index in [0.29, 0.717) is 23.3 Å². The lowest BCUT2D eigenvalue weighted by Crippen LogP contribution is -2.36. The first-order valence-electron chi connectivity index (χ1n) is 12.7. The number of hydrogen-bond donors (Lipinski definition) is 2. The summed E-state index contributed by atoms with van der Waals surface area (Å²) in [6, 6.07) is 20.1. The van der Waals surface area contributed by atoms with Gasteiger partial charge in [0.25, 0.3) is 0 Å². The summed E-state index contributed by atoms with van der Waals surface area (Å²) in [6.07, 6.45) is 4.83. The van der Waals surface area contributed by atoms with Crippen molar-refractivity contribution < 1.29 is 18.0 Å². The zero-order chi connectivity index (χ0) is 27.3. The minimum absolute atomic E-state index is 0. The van der Waals surface area contributed by atoms with E-state index in [0.717, 1.165) is 57.5 Å². The number of rotatable bonds is 10. The number of carbonyl (C=O) groups is 2. The van der Waals surface area contributed by atoms with Crippen LogP contribution in [0, 0.1) is 0 Å². The fourth-order valence-corrected chi connectivity index (χ4v) is 5.42. The second-order valence-corrected chi connectivity index (χ2v) is 11.2. The maximum absolute atomic E-state index is 12.8. The molecule has 0 saturated heterocycles. The lowest BCUT2D eigenvalue weighted by Gasteiger charge is -2.21. The highest BCUT2D eigenvalue weighted by molar-refractivity contribution is 8.93. The Bertz CT molecular complexity index is 1590. The van der Waals surface area contributed by atoms with Crippen molar-refractivity contribution in [3.8, 4) is 0 Å². The number of para-hydroxylation sites is 1. The van der Waals surface area contributed by atoms with Crippen LogP contribution in [0.5, 0.6) is 0 Å². The molecule has 0 spiro atoms. The summed E-state index contributed by atoms with van der Waals surface area (Å²) < 4.78 is 25.9. The van der Waals surface area contributed by atoms with Crippen LogP contribution in [-0.2, 0) is 19.6 Å². The molecule has 206 valence electrons. The summed E-state index contributed by atoms with van der Waals surface area (Å²) in [5.74, 6) is -0.587. The Morgan fingerprint density at radius 2 is 1.54 bits per heavy atom. The van der Waals surface area contributed by atoms with Gasteiger partial charge in [-0.2, -0.15) is 0 Å². The van der Waals surface area contributed by atoms with Crippen molar-refractivity contribution in [3.63, 3.8) is 0 Å². The number of anilines is 4. The number of sulfonamides is 1. The minimum Gasteiger partial charge on any atom is -0.354 e. The number of halogens is 1. The van der Waals surface area contributed by atoms with Crippen LogP contribution in [0.4, 0.5) is 22.7 Å². The van der Waals surface area contributed by atoms with E-state index >= 15 is 0 Å². The fraction of sp³-hybridized carbons (Fsp3) is 0.276. The van der Waals surface area contributed by atoms with Crippen LogP contribution >= 0.6 is 17.0 Å². The van der Waals surface area contributed by atoms with Crippen LogP contribution in [0.2, 0.25) is 0 Å². The zero-order valence-electron chi connectivity index (χ0n) is 22.2. The Morgan fingerprint density at radius 1 is 0.872 bits per heavy atom. The van der Waals surface area contributed by atoms with Crippen LogP contribution in [0.3, 0.4) is 0 Å². The predicted molar refractivity (Wildman–Crippen MR) is 165 cm³/mol. The predicted octanol–water partition coefficient (Wildman–Crippen LogP) is 6.93. The third kappa shape index (κ3) is 7.33. The van der Waals surface area contributed by atoms with Crippen LogP contribution < -0.4 is 14.9 Å². The number of benzene rings is 3. The molecule has 0 aliphatic heterocycles. The van der Waals surface area contributed by atoms with Crippen molar-refractivity contribution in [3.05, 3.63) is 66.7 Å². The molecule has 0 aliphatic rings. The molecule has 4 rings (SSSR count). The Labute approximate surface area is 239 Å². The molecule has 0 unspecified atom stereocenters. The Balaban J connectivity index is 0.00000420. The highest BCUT2D eigenvalue weighted by Gasteiger charge is 2.24. The van der Waals surface area contributed by atoms with Crippen molar-refractivity contribution in [2.24, 2.45) is 0 Å². The van der Waals surface area contributed by atoms with Gasteiger partial charge < -0.3 is 10.6 Å². The van der Waals surface area contributed by atoms with Crippen LogP contribution in [0.1, 0.15) is 46.0 Å². The minimum atomic E-state index is -3.78. The summed E-state index contributed by atoms with van der Waals surface area (Å²) >= 11 is 0. The van der Waals surface area contributed by atoms with Crippen molar-refractivity contribution in [2.45, 2.75) is 46.0 Å². The molecule has 2 N–H and O–H groups in total. The number of amides is 2. The van der Waals surface area contributed by atoms with Gasteiger partial charge in [-0.25, -0.2) is 17.7 Å². The summed E-state index contributed by atoms with van der Waals surface area (Å²) in [5.41, 5.74) is 4.02. The normalized spacial score (nSPS) is 11.2. The molecular formula is C29H33BrN4O4S. The van der Waals surface area contributed by atoms with Gasteiger partial charge in [0.15, 0.2) is 0 Å². The van der Waals surface area contributed by atoms with Gasteiger partial charge in [0, 0.05) is 35.5 Å². The van der Waals surface area contributed by atoms with Gasteiger partial charge in [-0.1, -0.05) is 44.4 Å². The van der Waals surface area contributed by atoms with E-state index in [1.807, 2.05) is 42.5 Å². The first-order valence-corrected chi connectivity index (χ1v) is 14.5. The fourth-order valence-electron chi connectivity index (χ4n) is 4.46. The third-order valence-corrected chi connectivity index (χ3v) is 7.25. The van der Waals surface area contributed by atoms with E-state index in [4.69, 9.17) is 4.98 Å². The second kappa shape index (κ2) is 13.0. The molecule has 8 nitrogen and oxygen atoms in total. The standard InChI is InChI=1S/C29H32N4O4S.BrH/c1-4-5-6-7-12-28(35)33(38(3,36)37)23-16-13-21(14-17-23)31-29-24-10-8-9-11-26(24)32-27-19-22(30-20(2)34)15-18-25(27)29;/h8-11,13-19H,4-7,12H2,1-3H3,(H,30,34)(H,31,32);1H. The van der Waals surface area contributed by atoms with Gasteiger partial charge in [-0.05, 0) is 55.0 Å². The number of nitrogens with one attached hydrogen (secondary N) is 2. The van der Waals surface area contributed by atoms with Gasteiger partial charge >= 0.3 is 0 Å². The Morgan fingerprint density at radius 3 is 2.21 bits per heavy atom. The van der Waals surface area contributed by atoms with E-state index < -0.39 is 15.9 Å². The highest BCUT2D eigenvalue weighted by Crippen LogP contribution is 2.35. The van der Waals surface area contributed by atoms with Crippen LogP contribution in [0.15, 0.2) is 66.7 Å². The summed E-state index contributed by atoms with van der Waals surface area (Å²) in [6.45, 7) is 3.54. The molecule has 4 aromatic rings. The molecule has 10 heteroatoms. The van der Waals surface area contributed by atoms with Crippen LogP contribution in [-0.4, -0.2) is 31.5 Å². The average molecular weight is 614 g/mol. The maximum atomic E-state index is 12.8. The lowest BCUT2D eigenvalue weighted by molar-refractivity contribution is -0.117. The number of nitrogens with zero attached hydrogens (tertiary/aromatic N) is 2. The summed E-state index contributed by atoms with van der Waals surface area (Å²) in [7, 11) is -3.78. The molecular weight excluding hydrogens is 580 g/mol. The lowest BCUT2D eigenvalue weighted by atomic mass is 10.1. The zero-order valence-corrected chi connectivity index (χ0v) is 24.8. The number of pyridine rings is 1. The molecule has 1 aromatic heterocycles. The second-order valence-electron chi connectivity index (χ2n) is 9.32. The molecule has 0 radical (unpaired) electrons. The first-order chi connectivity index (χ1) is 18.2. The highest BCUT2D eigenvalue weighted by atomic mass is 79.9. The smallest absolute Gasteiger partial charge is 0.240 e. The van der Waals surface area contributed by atoms with Crippen molar-refractivity contribution in [1.82, 2.24) is 4.98 Å². The topological polar surface area (TPSA) is 108 Å². The van der Waals surface area contributed by atoms with Gasteiger partial charge in [0.05, 0.1) is 28.7 Å². The monoisotopic (exact) mass is 612 g/mol. The van der Waals surface area contributed by atoms with Crippen molar-refractivity contribution >= 4 is 83.4 Å². The molecule has 3 aromatic carbocycles. The van der Waals surface area contributed by atoms with Crippen molar-refractivity contribution in [2.75, 3.05) is 21.2 Å². The Hall–Kier alpha value is -3.50. The van der Waals surface area contributed by atoms with Gasteiger partial charge in [-0.15, -0.1) is 17.0 Å². The average Bonchev–Trinajstić information content (AvgIpc) is 2.86. The number of hydrogen-bond acceptors (Lipinski definition) is 6. The number of unbranched alkanes of at least 4 members (excludes halogenated alkanes) is 3. The van der Waals surface area contributed by atoms with Gasteiger partial charge in [0.2, 0.25) is 21.8 Å². The third-order valence-electron chi connectivity index (χ3n) is 6.18. The first kappa shape index (κ1) is 30.0. The molecule has 0 saturated carbocycles. The number of aromatic nitrogens is 1. The van der Waals surface area contributed by atoms with Gasteiger partial charge in [0.1, 0.15) is 0 Å². The largest absolute Gasteiger partial charge is 0.354 e. The maximum Gasteiger partial charge on any atom is 0.240 e. The van der Waals surface area contributed by atoms with E-state index in [9.17, 15) is 18.0 Å². The molecule has 0 fully saturated rings. The molecule has 1 heterocycles. The summed E-state index contributed by atoms with van der Waals surface area (Å²) in [4.78, 5) is 29.1. The van der Waals surface area contributed by atoms with Crippen LogP contribution in [0.25, 0.3) is 21.8 Å². The SMILES string of the molecule is Br.CCCCCCC(=O)N(c1ccc(Nc2c3ccccc3nc3cc(NC(C)=O)ccc23)cc1)S(C)(=O)=O. The quantitative estimate of drug-likeness (QED) is 0.148. The number of fused-ring (bicyclic) bond motifs is 2. The Kier molecular flexibility index (Phi) is 10.0. The number of carbonyl (C=O) groups excluding carboxylic acids is 2. The van der Waals surface area contributed by atoms with E-state index in [-0.39, 0.29) is 29.3 Å². The van der Waals surface area contributed by atoms with Gasteiger partial charge in [-0.3, -0.25) is 9.59 Å². The molecule has 2 amide bonds. The molecule has 0 atom stereocenters.